The van der Waals surface area contributed by atoms with Crippen molar-refractivity contribution in [3.63, 3.8) is 0 Å². The number of nitrogens with zero attached hydrogens (tertiary/aromatic N) is 1. The Balaban J connectivity index is 3.76. The van der Waals surface area contributed by atoms with Crippen molar-refractivity contribution in [1.82, 2.24) is 5.32 Å². The van der Waals surface area contributed by atoms with Crippen LogP contribution in [0.1, 0.15) is 20.3 Å². The van der Waals surface area contributed by atoms with E-state index in [2.05, 4.69) is 5.32 Å². The number of nitriles is 1. The highest BCUT2D eigenvalue weighted by Gasteiger charge is 2.19. The van der Waals surface area contributed by atoms with Gasteiger partial charge in [0, 0.05) is 12.1 Å². The fourth-order valence-electron chi connectivity index (χ4n) is 0.945. The molecule has 0 radical (unpaired) electrons. The monoisotopic (exact) mass is 216 g/mol. The van der Waals surface area contributed by atoms with Crippen LogP contribution in [0.2, 0.25) is 0 Å². The van der Waals surface area contributed by atoms with Crippen molar-refractivity contribution in [2.45, 2.75) is 25.8 Å². The molecule has 0 bridgehead atoms. The second kappa shape index (κ2) is 6.68. The summed E-state index contributed by atoms with van der Waals surface area (Å²) in [6.07, 6.45) is 0.529. The molecule has 0 aliphatic carbocycles. The summed E-state index contributed by atoms with van der Waals surface area (Å²) in [4.78, 5) is 11.3. The number of thioether (sulfide) groups is 1. The highest BCUT2D eigenvalue weighted by atomic mass is 32.2. The lowest BCUT2D eigenvalue weighted by Crippen LogP contribution is -2.44. The molecule has 14 heavy (non-hydrogen) atoms. The summed E-state index contributed by atoms with van der Waals surface area (Å²) in [6, 6.07) is 1.95. The van der Waals surface area contributed by atoms with Crippen molar-refractivity contribution >= 4 is 17.7 Å². The summed E-state index contributed by atoms with van der Waals surface area (Å²) >= 11 is 1.28. The van der Waals surface area contributed by atoms with E-state index in [0.717, 1.165) is 0 Å². The van der Waals surface area contributed by atoms with Crippen LogP contribution in [0.4, 0.5) is 0 Å². The van der Waals surface area contributed by atoms with Gasteiger partial charge >= 0.3 is 0 Å². The van der Waals surface area contributed by atoms with Crippen LogP contribution in [-0.4, -0.2) is 34.7 Å². The Morgan fingerprint density at radius 2 is 2.29 bits per heavy atom. The molecule has 4 nitrogen and oxygen atoms in total. The fraction of sp³-hybridized carbons (Fsp3) is 0.778. The maximum absolute atomic E-state index is 11.3. The van der Waals surface area contributed by atoms with Crippen molar-refractivity contribution in [3.05, 3.63) is 0 Å². The molecule has 2 N–H and O–H groups in total. The molecule has 0 aliphatic rings. The molecule has 0 aromatic rings. The largest absolute Gasteiger partial charge is 0.396 e. The third-order valence-electron chi connectivity index (χ3n) is 1.61. The molecule has 80 valence electrons. The van der Waals surface area contributed by atoms with Gasteiger partial charge in [0.15, 0.2) is 0 Å². The molecule has 0 heterocycles. The SMILES string of the molecule is CC(C)(CCO)NC(=O)CSCC#N. The quantitative estimate of drug-likeness (QED) is 0.635. The number of carbonyl (C=O) groups excluding carboxylic acids is 1. The summed E-state index contributed by atoms with van der Waals surface area (Å²) in [5.41, 5.74) is -0.376. The van der Waals surface area contributed by atoms with Gasteiger partial charge in [-0.1, -0.05) is 0 Å². The molecular weight excluding hydrogens is 200 g/mol. The van der Waals surface area contributed by atoms with Crippen molar-refractivity contribution in [2.75, 3.05) is 18.1 Å². The van der Waals surface area contributed by atoms with Crippen LogP contribution >= 0.6 is 11.8 Å². The molecule has 1 amide bonds. The van der Waals surface area contributed by atoms with Crippen molar-refractivity contribution in [1.29, 1.82) is 5.26 Å². The van der Waals surface area contributed by atoms with Gasteiger partial charge in [-0.3, -0.25) is 4.79 Å². The first-order valence-corrected chi connectivity index (χ1v) is 5.54. The van der Waals surface area contributed by atoms with Crippen LogP contribution in [0.5, 0.6) is 0 Å². The Hall–Kier alpha value is -0.730. The number of aliphatic hydroxyl groups is 1. The third kappa shape index (κ3) is 6.75. The van der Waals surface area contributed by atoms with E-state index in [1.54, 1.807) is 0 Å². The number of aliphatic hydroxyl groups excluding tert-OH is 1. The van der Waals surface area contributed by atoms with Gasteiger partial charge in [0.25, 0.3) is 0 Å². The minimum absolute atomic E-state index is 0.0542. The standard InChI is InChI=1S/C9H16N2O2S/c1-9(2,3-5-12)11-8(13)7-14-6-4-10/h12H,3,5-7H2,1-2H3,(H,11,13). The Bertz CT molecular complexity index is 223. The number of hydrogen-bond acceptors (Lipinski definition) is 4. The smallest absolute Gasteiger partial charge is 0.230 e. The predicted molar refractivity (Wildman–Crippen MR) is 56.9 cm³/mol. The Morgan fingerprint density at radius 3 is 2.79 bits per heavy atom. The van der Waals surface area contributed by atoms with E-state index in [-0.39, 0.29) is 18.1 Å². The summed E-state index contributed by atoms with van der Waals surface area (Å²) < 4.78 is 0. The van der Waals surface area contributed by atoms with E-state index in [0.29, 0.717) is 17.9 Å². The molecule has 0 aromatic carbocycles. The average Bonchev–Trinajstić information content (AvgIpc) is 2.03. The van der Waals surface area contributed by atoms with Crippen LogP contribution < -0.4 is 5.32 Å². The average molecular weight is 216 g/mol. The minimum atomic E-state index is -0.376. The highest BCUT2D eigenvalue weighted by Crippen LogP contribution is 2.08. The first kappa shape index (κ1) is 13.3. The van der Waals surface area contributed by atoms with Crippen LogP contribution in [0, 0.1) is 11.3 Å². The van der Waals surface area contributed by atoms with Gasteiger partial charge in [0.2, 0.25) is 5.91 Å². The number of rotatable bonds is 6. The topological polar surface area (TPSA) is 73.1 Å². The zero-order chi connectivity index (χ0) is 11.0. The number of carbonyl (C=O) groups is 1. The molecule has 0 fully saturated rings. The van der Waals surface area contributed by atoms with Crippen molar-refractivity contribution in [2.24, 2.45) is 0 Å². The number of nitrogens with one attached hydrogen (secondary N) is 1. The van der Waals surface area contributed by atoms with E-state index in [1.807, 2.05) is 19.9 Å². The Morgan fingerprint density at radius 1 is 1.64 bits per heavy atom. The van der Waals surface area contributed by atoms with Gasteiger partial charge in [-0.05, 0) is 20.3 Å². The van der Waals surface area contributed by atoms with E-state index in [9.17, 15) is 4.79 Å². The normalized spacial score (nSPS) is 10.7. The summed E-state index contributed by atoms with van der Waals surface area (Å²) in [5.74, 6) is 0.528. The van der Waals surface area contributed by atoms with Crippen molar-refractivity contribution < 1.29 is 9.90 Å². The van der Waals surface area contributed by atoms with Crippen LogP contribution in [0.25, 0.3) is 0 Å². The van der Waals surface area contributed by atoms with E-state index >= 15 is 0 Å². The summed E-state index contributed by atoms with van der Waals surface area (Å²) in [7, 11) is 0. The molecule has 0 saturated carbocycles. The van der Waals surface area contributed by atoms with E-state index in [4.69, 9.17) is 10.4 Å². The van der Waals surface area contributed by atoms with Gasteiger partial charge in [-0.25, -0.2) is 0 Å². The minimum Gasteiger partial charge on any atom is -0.396 e. The molecule has 0 unspecified atom stereocenters. The van der Waals surface area contributed by atoms with Gasteiger partial charge in [-0.15, -0.1) is 11.8 Å². The molecule has 5 heteroatoms. The zero-order valence-corrected chi connectivity index (χ0v) is 9.36. The molecule has 0 rings (SSSR count). The lowest BCUT2D eigenvalue weighted by atomic mass is 10.0. The molecule has 0 aromatic heterocycles. The Kier molecular flexibility index (Phi) is 6.34. The highest BCUT2D eigenvalue weighted by molar-refractivity contribution is 8.00. The number of amides is 1. The molecule has 0 spiro atoms. The second-order valence-electron chi connectivity index (χ2n) is 3.56. The molecule has 0 saturated heterocycles. The molecule has 0 aliphatic heterocycles. The second-order valence-corrected chi connectivity index (χ2v) is 4.54. The summed E-state index contributed by atoms with van der Waals surface area (Å²) in [5, 5.41) is 19.8. The first-order chi connectivity index (χ1) is 6.52. The van der Waals surface area contributed by atoms with Crippen LogP contribution in [-0.2, 0) is 4.79 Å². The van der Waals surface area contributed by atoms with E-state index < -0.39 is 0 Å². The fourth-order valence-corrected chi connectivity index (χ4v) is 1.40. The third-order valence-corrected chi connectivity index (χ3v) is 2.41. The van der Waals surface area contributed by atoms with Gasteiger partial charge in [0.05, 0.1) is 17.6 Å². The van der Waals surface area contributed by atoms with Gasteiger partial charge in [0.1, 0.15) is 0 Å². The summed E-state index contributed by atoms with van der Waals surface area (Å²) in [6.45, 7) is 3.77. The Labute approximate surface area is 88.7 Å². The number of hydrogen-bond donors (Lipinski definition) is 2. The maximum Gasteiger partial charge on any atom is 0.230 e. The first-order valence-electron chi connectivity index (χ1n) is 4.38. The van der Waals surface area contributed by atoms with Gasteiger partial charge in [-0.2, -0.15) is 5.26 Å². The van der Waals surface area contributed by atoms with Crippen molar-refractivity contribution in [3.8, 4) is 6.07 Å². The molecule has 0 atom stereocenters. The van der Waals surface area contributed by atoms with Crippen LogP contribution in [0.15, 0.2) is 0 Å². The van der Waals surface area contributed by atoms with Gasteiger partial charge < -0.3 is 10.4 Å². The zero-order valence-electron chi connectivity index (χ0n) is 8.54. The lowest BCUT2D eigenvalue weighted by Gasteiger charge is -2.25. The molecular formula is C9H16N2O2S. The maximum atomic E-state index is 11.3. The lowest BCUT2D eigenvalue weighted by molar-refractivity contribution is -0.120. The predicted octanol–water partition coefficient (Wildman–Crippen LogP) is 0.520. The van der Waals surface area contributed by atoms with E-state index in [1.165, 1.54) is 11.8 Å². The van der Waals surface area contributed by atoms with Crippen LogP contribution in [0.3, 0.4) is 0 Å².